The molecule has 0 saturated heterocycles. The monoisotopic (exact) mass is 486 g/mol. The van der Waals surface area contributed by atoms with E-state index >= 15 is 0 Å². The number of hydrogen-bond donors (Lipinski definition) is 0. The van der Waals surface area contributed by atoms with E-state index in [0.717, 1.165) is 33.3 Å². The van der Waals surface area contributed by atoms with Gasteiger partial charge in [0, 0.05) is 49.4 Å². The van der Waals surface area contributed by atoms with Crippen LogP contribution in [0.2, 0.25) is 0 Å². The molecule has 0 bridgehead atoms. The van der Waals surface area contributed by atoms with Gasteiger partial charge in [0.1, 0.15) is 5.82 Å². The molecule has 1 aliphatic rings. The number of aryl methyl sites for hydroxylation is 1. The van der Waals surface area contributed by atoms with Crippen molar-refractivity contribution in [2.75, 3.05) is 27.1 Å². The zero-order valence-electron chi connectivity index (χ0n) is 20.3. The van der Waals surface area contributed by atoms with E-state index in [4.69, 9.17) is 19.2 Å². The molecule has 36 heavy (non-hydrogen) atoms. The fourth-order valence-electron chi connectivity index (χ4n) is 4.46. The summed E-state index contributed by atoms with van der Waals surface area (Å²) in [6.07, 6.45) is 0.650. The zero-order chi connectivity index (χ0) is 25.1. The van der Waals surface area contributed by atoms with Crippen LogP contribution in [0.4, 0.5) is 4.39 Å². The maximum atomic E-state index is 13.9. The number of ether oxygens (including phenoxy) is 3. The maximum absolute atomic E-state index is 13.9. The molecule has 0 saturated carbocycles. The molecule has 0 unspecified atom stereocenters. The van der Waals surface area contributed by atoms with Crippen LogP contribution in [-0.4, -0.2) is 42.8 Å². The van der Waals surface area contributed by atoms with E-state index in [9.17, 15) is 9.18 Å². The molecule has 1 aromatic heterocycles. The van der Waals surface area contributed by atoms with Gasteiger partial charge in [-0.25, -0.2) is 9.37 Å². The predicted molar refractivity (Wildman–Crippen MR) is 136 cm³/mol. The zero-order valence-corrected chi connectivity index (χ0v) is 20.3. The lowest BCUT2D eigenvalue weighted by Crippen LogP contribution is -2.32. The Morgan fingerprint density at radius 2 is 1.86 bits per heavy atom. The molecule has 3 aromatic carbocycles. The lowest BCUT2D eigenvalue weighted by Gasteiger charge is -2.25. The molecule has 7 heteroatoms. The average molecular weight is 487 g/mol. The molecule has 0 atom stereocenters. The van der Waals surface area contributed by atoms with Crippen molar-refractivity contribution < 1.29 is 23.4 Å². The largest absolute Gasteiger partial charge is 0.454 e. The van der Waals surface area contributed by atoms with Crippen molar-refractivity contribution in [1.29, 1.82) is 0 Å². The highest BCUT2D eigenvalue weighted by Crippen LogP contribution is 2.38. The van der Waals surface area contributed by atoms with Crippen LogP contribution in [0.25, 0.3) is 22.2 Å². The number of amides is 1. The summed E-state index contributed by atoms with van der Waals surface area (Å²) in [5, 5.41) is 0.890. The Hall–Kier alpha value is -3.97. The van der Waals surface area contributed by atoms with Crippen molar-refractivity contribution in [3.8, 4) is 22.8 Å². The average Bonchev–Trinajstić information content (AvgIpc) is 3.33. The summed E-state index contributed by atoms with van der Waals surface area (Å²) in [6.45, 7) is 3.49. The molecule has 6 nitrogen and oxygen atoms in total. The smallest absolute Gasteiger partial charge is 0.254 e. The molecule has 184 valence electrons. The Balaban J connectivity index is 1.60. The second kappa shape index (κ2) is 10.3. The number of hydrogen-bond acceptors (Lipinski definition) is 5. The van der Waals surface area contributed by atoms with Gasteiger partial charge in [-0.2, -0.15) is 0 Å². The van der Waals surface area contributed by atoms with Crippen molar-refractivity contribution in [2.45, 2.75) is 19.9 Å². The number of aromatic nitrogens is 1. The SMILES string of the molecule is COCCCN(Cc1cc2cc3c(cc2nc1-c1ccccc1C)OCO3)C(=O)c1cccc(F)c1. The van der Waals surface area contributed by atoms with E-state index in [-0.39, 0.29) is 12.7 Å². The summed E-state index contributed by atoms with van der Waals surface area (Å²) < 4.78 is 30.3. The van der Waals surface area contributed by atoms with Crippen molar-refractivity contribution in [3.05, 3.63) is 89.2 Å². The number of fused-ring (bicyclic) bond motifs is 2. The van der Waals surface area contributed by atoms with Crippen molar-refractivity contribution in [2.24, 2.45) is 0 Å². The Labute approximate surface area is 209 Å². The number of methoxy groups -OCH3 is 1. The van der Waals surface area contributed by atoms with Crippen LogP contribution < -0.4 is 9.47 Å². The predicted octanol–water partition coefficient (Wildman–Crippen LogP) is 5.76. The van der Waals surface area contributed by atoms with Crippen molar-refractivity contribution in [1.82, 2.24) is 9.88 Å². The number of nitrogens with zero attached hydrogens (tertiary/aromatic N) is 2. The minimum atomic E-state index is -0.443. The summed E-state index contributed by atoms with van der Waals surface area (Å²) in [7, 11) is 1.63. The number of pyridine rings is 1. The molecule has 0 aliphatic carbocycles. The van der Waals surface area contributed by atoms with E-state index in [1.165, 1.54) is 12.1 Å². The first kappa shape index (κ1) is 23.8. The molecule has 0 spiro atoms. The van der Waals surface area contributed by atoms with Crippen LogP contribution in [0.15, 0.2) is 66.7 Å². The fourth-order valence-corrected chi connectivity index (χ4v) is 4.46. The maximum Gasteiger partial charge on any atom is 0.254 e. The number of benzene rings is 3. The first-order valence-corrected chi connectivity index (χ1v) is 11.9. The first-order chi connectivity index (χ1) is 17.5. The topological polar surface area (TPSA) is 60.9 Å². The molecule has 2 heterocycles. The molecular formula is C29H27FN2O4. The van der Waals surface area contributed by atoms with Crippen LogP contribution in [0.5, 0.6) is 11.5 Å². The lowest BCUT2D eigenvalue weighted by atomic mass is 9.98. The quantitative estimate of drug-likeness (QED) is 0.297. The normalized spacial score (nSPS) is 12.2. The van der Waals surface area contributed by atoms with E-state index in [1.807, 2.05) is 49.4 Å². The van der Waals surface area contributed by atoms with Gasteiger partial charge < -0.3 is 19.1 Å². The van der Waals surface area contributed by atoms with Gasteiger partial charge in [-0.15, -0.1) is 0 Å². The Bertz CT molecular complexity index is 1420. The van der Waals surface area contributed by atoms with Crippen LogP contribution in [-0.2, 0) is 11.3 Å². The molecule has 4 aromatic rings. The Morgan fingerprint density at radius 1 is 1.06 bits per heavy atom. The standard InChI is InChI=1S/C29H27FN2O4/c1-19-7-3-4-10-24(19)28-22(13-21-15-26-27(36-18-35-26)16-25(21)31-28)17-32(11-6-12-34-2)29(33)20-8-5-9-23(30)14-20/h3-5,7-10,13-16H,6,11-12,17-18H2,1-2H3. The molecular weight excluding hydrogens is 459 g/mol. The molecule has 1 amide bonds. The highest BCUT2D eigenvalue weighted by molar-refractivity contribution is 5.94. The second-order valence-corrected chi connectivity index (χ2v) is 8.79. The van der Waals surface area contributed by atoms with Gasteiger partial charge in [0.2, 0.25) is 6.79 Å². The third-order valence-corrected chi connectivity index (χ3v) is 6.28. The van der Waals surface area contributed by atoms with Crippen molar-refractivity contribution >= 4 is 16.8 Å². The summed E-state index contributed by atoms with van der Waals surface area (Å²) in [5.41, 5.74) is 4.84. The molecule has 0 N–H and O–H groups in total. The van der Waals surface area contributed by atoms with Gasteiger partial charge in [0.25, 0.3) is 5.91 Å². The number of carbonyl (C=O) groups excluding carboxylic acids is 1. The first-order valence-electron chi connectivity index (χ1n) is 11.9. The van der Waals surface area contributed by atoms with Gasteiger partial charge in [-0.1, -0.05) is 30.3 Å². The van der Waals surface area contributed by atoms with E-state index in [2.05, 4.69) is 0 Å². The minimum Gasteiger partial charge on any atom is -0.454 e. The summed E-state index contributed by atoms with van der Waals surface area (Å²) in [4.78, 5) is 20.2. The Kier molecular flexibility index (Phi) is 6.82. The number of rotatable bonds is 8. The number of halogens is 1. The van der Waals surface area contributed by atoms with Gasteiger partial charge in [-0.05, 0) is 54.8 Å². The van der Waals surface area contributed by atoms with Gasteiger partial charge >= 0.3 is 0 Å². The van der Waals surface area contributed by atoms with Crippen molar-refractivity contribution in [3.63, 3.8) is 0 Å². The molecule has 0 radical (unpaired) electrons. The van der Waals surface area contributed by atoms with Crippen LogP contribution in [0, 0.1) is 12.7 Å². The summed E-state index contributed by atoms with van der Waals surface area (Å²) >= 11 is 0. The van der Waals surface area contributed by atoms with Gasteiger partial charge in [0.15, 0.2) is 11.5 Å². The van der Waals surface area contributed by atoms with Crippen LogP contribution in [0.1, 0.15) is 27.9 Å². The van der Waals surface area contributed by atoms with Crippen LogP contribution >= 0.6 is 0 Å². The van der Waals surface area contributed by atoms with E-state index < -0.39 is 5.82 Å². The summed E-state index contributed by atoms with van der Waals surface area (Å²) in [5.74, 6) is 0.654. The van der Waals surface area contributed by atoms with Gasteiger partial charge in [0.05, 0.1) is 11.2 Å². The molecule has 1 aliphatic heterocycles. The third-order valence-electron chi connectivity index (χ3n) is 6.28. The highest BCUT2D eigenvalue weighted by Gasteiger charge is 2.22. The minimum absolute atomic E-state index is 0.179. The third kappa shape index (κ3) is 4.88. The summed E-state index contributed by atoms with van der Waals surface area (Å²) in [6, 6.07) is 19.7. The molecule has 5 rings (SSSR count). The van der Waals surface area contributed by atoms with E-state index in [0.29, 0.717) is 43.2 Å². The second-order valence-electron chi connectivity index (χ2n) is 8.79. The van der Waals surface area contributed by atoms with Crippen LogP contribution in [0.3, 0.4) is 0 Å². The number of carbonyl (C=O) groups is 1. The van der Waals surface area contributed by atoms with E-state index in [1.54, 1.807) is 24.1 Å². The van der Waals surface area contributed by atoms with Gasteiger partial charge in [-0.3, -0.25) is 4.79 Å². The highest BCUT2D eigenvalue weighted by atomic mass is 19.1. The Morgan fingerprint density at radius 3 is 2.64 bits per heavy atom. The fraction of sp³-hybridized carbons (Fsp3) is 0.241. The molecule has 0 fully saturated rings. The lowest BCUT2D eigenvalue weighted by molar-refractivity contribution is 0.0723.